The number of para-hydroxylation sites is 1. The summed E-state index contributed by atoms with van der Waals surface area (Å²) in [6.45, 7) is 3.13. The average molecular weight is 276 g/mol. The Morgan fingerprint density at radius 1 is 1.06 bits per heavy atom. The number of hydrogen-bond acceptors (Lipinski definition) is 2. The van der Waals surface area contributed by atoms with Crippen LogP contribution in [-0.2, 0) is 0 Å². The molecule has 2 aromatic rings. The largest absolute Gasteiger partial charge is 0.312 e. The number of benzene rings is 2. The van der Waals surface area contributed by atoms with E-state index >= 15 is 0 Å². The summed E-state index contributed by atoms with van der Waals surface area (Å²) in [4.78, 5) is 1.25. The molecule has 0 amide bonds. The molecule has 0 aliphatic carbocycles. The van der Waals surface area contributed by atoms with Gasteiger partial charge in [0.2, 0.25) is 0 Å². The first-order valence-electron chi connectivity index (χ1n) is 6.08. The zero-order valence-corrected chi connectivity index (χ0v) is 11.7. The Morgan fingerprint density at radius 3 is 2.50 bits per heavy atom. The Labute approximate surface area is 117 Å². The van der Waals surface area contributed by atoms with Gasteiger partial charge in [-0.1, -0.05) is 36.4 Å². The molecule has 3 rings (SSSR count). The fourth-order valence-corrected chi connectivity index (χ4v) is 3.77. The zero-order valence-electron chi connectivity index (χ0n) is 10.1. The molecule has 0 aromatic heterocycles. The summed E-state index contributed by atoms with van der Waals surface area (Å²) < 4.78 is 2.30. The molecule has 0 saturated heterocycles. The van der Waals surface area contributed by atoms with Gasteiger partial charge in [0.25, 0.3) is 0 Å². The molecule has 1 aliphatic heterocycles. The highest BCUT2D eigenvalue weighted by molar-refractivity contribution is 8.00. The molecule has 1 heterocycles. The summed E-state index contributed by atoms with van der Waals surface area (Å²) >= 11 is 8.44. The van der Waals surface area contributed by atoms with E-state index in [1.54, 1.807) is 11.9 Å². The predicted molar refractivity (Wildman–Crippen MR) is 79.5 cm³/mol. The standard InChI is InChI=1S/C15H14ClNS/c1-2-17-13-9-5-3-7-11(13)15(16)12-8-4-6-10-14(12)18-17/h3-10,15H,2H2,1H3. The van der Waals surface area contributed by atoms with Crippen LogP contribution in [0.2, 0.25) is 0 Å². The van der Waals surface area contributed by atoms with Crippen LogP contribution in [0.25, 0.3) is 0 Å². The molecule has 3 heteroatoms. The first kappa shape index (κ1) is 11.9. The van der Waals surface area contributed by atoms with Crippen molar-refractivity contribution in [2.75, 3.05) is 10.8 Å². The minimum absolute atomic E-state index is 0.0681. The maximum absolute atomic E-state index is 6.66. The summed E-state index contributed by atoms with van der Waals surface area (Å²) in [7, 11) is 0. The van der Waals surface area contributed by atoms with E-state index in [0.717, 1.165) is 6.54 Å². The molecule has 0 bridgehead atoms. The van der Waals surface area contributed by atoms with Crippen LogP contribution in [0.1, 0.15) is 23.4 Å². The molecule has 2 aromatic carbocycles. The summed E-state index contributed by atoms with van der Waals surface area (Å²) in [6.07, 6.45) is 0. The van der Waals surface area contributed by atoms with Crippen LogP contribution in [0.4, 0.5) is 5.69 Å². The Bertz CT molecular complexity index is 570. The van der Waals surface area contributed by atoms with E-state index in [4.69, 9.17) is 11.6 Å². The molecule has 0 radical (unpaired) electrons. The van der Waals surface area contributed by atoms with Gasteiger partial charge in [-0.05, 0) is 42.1 Å². The van der Waals surface area contributed by atoms with Gasteiger partial charge in [-0.3, -0.25) is 0 Å². The van der Waals surface area contributed by atoms with Gasteiger partial charge in [0.15, 0.2) is 0 Å². The highest BCUT2D eigenvalue weighted by atomic mass is 35.5. The quantitative estimate of drug-likeness (QED) is 0.540. The highest BCUT2D eigenvalue weighted by Gasteiger charge is 2.25. The third kappa shape index (κ3) is 1.90. The number of halogens is 1. The van der Waals surface area contributed by atoms with E-state index in [1.807, 2.05) is 0 Å². The third-order valence-corrected chi connectivity index (χ3v) is 4.88. The minimum Gasteiger partial charge on any atom is -0.312 e. The number of anilines is 1. The maximum atomic E-state index is 6.66. The molecule has 1 nitrogen and oxygen atoms in total. The van der Waals surface area contributed by atoms with Crippen LogP contribution in [0.3, 0.4) is 0 Å². The molecule has 1 unspecified atom stereocenters. The van der Waals surface area contributed by atoms with Crippen LogP contribution < -0.4 is 4.31 Å². The topological polar surface area (TPSA) is 3.24 Å². The summed E-state index contributed by atoms with van der Waals surface area (Å²) in [6, 6.07) is 16.8. The molecule has 0 fully saturated rings. The molecular weight excluding hydrogens is 262 g/mol. The second-order valence-electron chi connectivity index (χ2n) is 4.25. The van der Waals surface area contributed by atoms with Crippen molar-refractivity contribution >= 4 is 29.2 Å². The fraction of sp³-hybridized carbons (Fsp3) is 0.200. The molecule has 0 N–H and O–H groups in total. The number of nitrogens with zero attached hydrogens (tertiary/aromatic N) is 1. The van der Waals surface area contributed by atoms with E-state index in [9.17, 15) is 0 Å². The molecule has 1 atom stereocenters. The fourth-order valence-electron chi connectivity index (χ4n) is 2.27. The van der Waals surface area contributed by atoms with Crippen molar-refractivity contribution in [1.29, 1.82) is 0 Å². The average Bonchev–Trinajstić information content (AvgIpc) is 2.55. The summed E-state index contributed by atoms with van der Waals surface area (Å²) in [5, 5.41) is -0.0681. The normalized spacial score (nSPS) is 17.9. The van der Waals surface area contributed by atoms with Gasteiger partial charge in [-0.15, -0.1) is 11.6 Å². The maximum Gasteiger partial charge on any atom is 0.0867 e. The first-order valence-corrected chi connectivity index (χ1v) is 7.29. The van der Waals surface area contributed by atoms with Crippen LogP contribution >= 0.6 is 23.5 Å². The van der Waals surface area contributed by atoms with Gasteiger partial charge in [0.05, 0.1) is 11.1 Å². The second-order valence-corrected chi connectivity index (χ2v) is 5.74. The molecule has 0 spiro atoms. The van der Waals surface area contributed by atoms with Crippen LogP contribution in [-0.4, -0.2) is 6.54 Å². The van der Waals surface area contributed by atoms with Crippen molar-refractivity contribution in [1.82, 2.24) is 0 Å². The van der Waals surface area contributed by atoms with E-state index < -0.39 is 0 Å². The lowest BCUT2D eigenvalue weighted by molar-refractivity contribution is 1.07. The number of rotatable bonds is 1. The Morgan fingerprint density at radius 2 is 1.72 bits per heavy atom. The summed E-state index contributed by atoms with van der Waals surface area (Å²) in [5.41, 5.74) is 3.62. The molecule has 18 heavy (non-hydrogen) atoms. The van der Waals surface area contributed by atoms with Crippen LogP contribution in [0.15, 0.2) is 53.4 Å². The van der Waals surface area contributed by atoms with E-state index in [2.05, 4.69) is 59.8 Å². The lowest BCUT2D eigenvalue weighted by atomic mass is 10.0. The smallest absolute Gasteiger partial charge is 0.0867 e. The van der Waals surface area contributed by atoms with Gasteiger partial charge in [-0.2, -0.15) is 0 Å². The van der Waals surface area contributed by atoms with Crippen LogP contribution in [0, 0.1) is 0 Å². The lowest BCUT2D eigenvalue weighted by Crippen LogP contribution is -2.13. The summed E-state index contributed by atoms with van der Waals surface area (Å²) in [5.74, 6) is 0. The number of hydrogen-bond donors (Lipinski definition) is 0. The van der Waals surface area contributed by atoms with E-state index in [0.29, 0.717) is 0 Å². The van der Waals surface area contributed by atoms with Gasteiger partial charge >= 0.3 is 0 Å². The zero-order chi connectivity index (χ0) is 12.5. The second kappa shape index (κ2) is 4.87. The molecule has 1 aliphatic rings. The van der Waals surface area contributed by atoms with Gasteiger partial charge in [-0.25, -0.2) is 0 Å². The highest BCUT2D eigenvalue weighted by Crippen LogP contribution is 2.45. The van der Waals surface area contributed by atoms with Crippen molar-refractivity contribution in [3.8, 4) is 0 Å². The Kier molecular flexibility index (Phi) is 3.23. The molecule has 0 saturated carbocycles. The van der Waals surface area contributed by atoms with Gasteiger partial charge < -0.3 is 4.31 Å². The Balaban J connectivity index is 2.21. The predicted octanol–water partition coefficient (Wildman–Crippen LogP) is 4.86. The first-order chi connectivity index (χ1) is 8.81. The van der Waals surface area contributed by atoms with Crippen molar-refractivity contribution in [2.24, 2.45) is 0 Å². The van der Waals surface area contributed by atoms with Gasteiger partial charge in [0, 0.05) is 11.4 Å². The van der Waals surface area contributed by atoms with Crippen molar-refractivity contribution in [2.45, 2.75) is 17.2 Å². The monoisotopic (exact) mass is 275 g/mol. The van der Waals surface area contributed by atoms with Crippen molar-refractivity contribution in [3.05, 3.63) is 59.7 Å². The Hall–Kier alpha value is -1.12. The van der Waals surface area contributed by atoms with Crippen LogP contribution in [0.5, 0.6) is 0 Å². The lowest BCUT2D eigenvalue weighted by Gasteiger charge is -2.21. The van der Waals surface area contributed by atoms with Gasteiger partial charge in [0.1, 0.15) is 0 Å². The SMILES string of the molecule is CCN1Sc2ccccc2C(Cl)c2ccccc21. The minimum atomic E-state index is -0.0681. The third-order valence-electron chi connectivity index (χ3n) is 3.17. The van der Waals surface area contributed by atoms with Crippen molar-refractivity contribution < 1.29 is 0 Å². The van der Waals surface area contributed by atoms with Crippen molar-refractivity contribution in [3.63, 3.8) is 0 Å². The number of alkyl halides is 1. The molecule has 92 valence electrons. The number of fused-ring (bicyclic) bond motifs is 2. The van der Waals surface area contributed by atoms with E-state index in [-0.39, 0.29) is 5.38 Å². The molecular formula is C15H14ClNS. The van der Waals surface area contributed by atoms with E-state index in [1.165, 1.54) is 21.7 Å².